The van der Waals surface area contributed by atoms with Gasteiger partial charge in [-0.05, 0) is 18.6 Å². The number of hydrogen-bond donors (Lipinski definition) is 2. The molecule has 1 atom stereocenters. The zero-order chi connectivity index (χ0) is 13.1. The van der Waals surface area contributed by atoms with E-state index in [4.69, 9.17) is 5.11 Å². The third-order valence-electron chi connectivity index (χ3n) is 3.12. The van der Waals surface area contributed by atoms with E-state index in [-0.39, 0.29) is 12.3 Å². The second kappa shape index (κ2) is 5.08. The molecule has 1 amide bonds. The number of benzene rings is 1. The monoisotopic (exact) mass is 248 g/mol. The van der Waals surface area contributed by atoms with E-state index < -0.39 is 12.0 Å². The number of amides is 1. The molecule has 1 unspecified atom stereocenters. The van der Waals surface area contributed by atoms with Crippen LogP contribution in [-0.2, 0) is 9.59 Å². The molecule has 1 fully saturated rings. The molecular formula is C13H16N2O3. The van der Waals surface area contributed by atoms with Gasteiger partial charge in [-0.1, -0.05) is 18.2 Å². The molecule has 1 aliphatic heterocycles. The summed E-state index contributed by atoms with van der Waals surface area (Å²) >= 11 is 0. The quantitative estimate of drug-likeness (QED) is 0.829. The number of carbonyl (C=O) groups excluding carboxylic acids is 1. The van der Waals surface area contributed by atoms with Gasteiger partial charge in [-0.15, -0.1) is 0 Å². The van der Waals surface area contributed by atoms with Gasteiger partial charge in [0.15, 0.2) is 0 Å². The van der Waals surface area contributed by atoms with E-state index in [9.17, 15) is 9.59 Å². The minimum absolute atomic E-state index is 0.180. The third-order valence-corrected chi connectivity index (χ3v) is 3.12. The van der Waals surface area contributed by atoms with Crippen LogP contribution < -0.4 is 10.2 Å². The molecule has 1 heterocycles. The van der Waals surface area contributed by atoms with Crippen LogP contribution in [0, 0.1) is 6.92 Å². The highest BCUT2D eigenvalue weighted by Crippen LogP contribution is 2.24. The third kappa shape index (κ3) is 2.45. The summed E-state index contributed by atoms with van der Waals surface area (Å²) in [5, 5.41) is 11.6. The van der Waals surface area contributed by atoms with Crippen molar-refractivity contribution in [1.29, 1.82) is 0 Å². The maximum absolute atomic E-state index is 11.8. The predicted octanol–water partition coefficient (Wildman–Crippen LogP) is 0.775. The topological polar surface area (TPSA) is 69.6 Å². The number of para-hydroxylation sites is 1. The molecule has 2 N–H and O–H groups in total. The van der Waals surface area contributed by atoms with Crippen LogP contribution >= 0.6 is 0 Å². The lowest BCUT2D eigenvalue weighted by atomic mass is 10.1. The molecule has 0 aliphatic carbocycles. The summed E-state index contributed by atoms with van der Waals surface area (Å²) in [6, 6.07) is 7.07. The van der Waals surface area contributed by atoms with Crippen molar-refractivity contribution in [3.05, 3.63) is 29.8 Å². The Morgan fingerprint density at radius 1 is 1.50 bits per heavy atom. The van der Waals surface area contributed by atoms with Crippen LogP contribution in [0.1, 0.15) is 12.0 Å². The molecule has 1 aromatic rings. The Labute approximate surface area is 105 Å². The number of aliphatic carboxylic acids is 1. The average molecular weight is 248 g/mol. The number of nitrogens with zero attached hydrogens (tertiary/aromatic N) is 1. The molecule has 0 bridgehead atoms. The second-order valence-electron chi connectivity index (χ2n) is 4.38. The highest BCUT2D eigenvalue weighted by atomic mass is 16.4. The molecule has 0 radical (unpaired) electrons. The molecule has 2 rings (SSSR count). The fraction of sp³-hybridized carbons (Fsp3) is 0.385. The summed E-state index contributed by atoms with van der Waals surface area (Å²) < 4.78 is 0. The zero-order valence-electron chi connectivity index (χ0n) is 10.2. The fourth-order valence-electron chi connectivity index (χ4n) is 2.26. The first kappa shape index (κ1) is 12.4. The molecule has 1 saturated heterocycles. The highest BCUT2D eigenvalue weighted by Gasteiger charge is 2.32. The lowest BCUT2D eigenvalue weighted by Gasteiger charge is -2.36. The molecule has 1 aromatic carbocycles. The van der Waals surface area contributed by atoms with Crippen LogP contribution in [0.5, 0.6) is 0 Å². The number of nitrogens with one attached hydrogen (secondary N) is 1. The summed E-state index contributed by atoms with van der Waals surface area (Å²) in [7, 11) is 0. The standard InChI is InChI=1S/C13H16N2O3/c1-9-4-2-3-5-10(9)15-7-6-14-13(18)11(15)8-12(16)17/h2-5,11H,6-8H2,1H3,(H,14,18)(H,16,17). The van der Waals surface area contributed by atoms with Gasteiger partial charge >= 0.3 is 5.97 Å². The van der Waals surface area contributed by atoms with Crippen LogP contribution in [0.25, 0.3) is 0 Å². The van der Waals surface area contributed by atoms with Gasteiger partial charge in [-0.2, -0.15) is 0 Å². The van der Waals surface area contributed by atoms with Crippen LogP contribution in [0.3, 0.4) is 0 Å². The highest BCUT2D eigenvalue weighted by molar-refractivity contribution is 5.90. The van der Waals surface area contributed by atoms with Gasteiger partial charge in [0.05, 0.1) is 6.42 Å². The van der Waals surface area contributed by atoms with E-state index in [0.717, 1.165) is 11.3 Å². The van der Waals surface area contributed by atoms with Crippen LogP contribution in [0.2, 0.25) is 0 Å². The molecule has 5 heteroatoms. The number of rotatable bonds is 3. The van der Waals surface area contributed by atoms with Gasteiger partial charge in [0.1, 0.15) is 6.04 Å². The Kier molecular flexibility index (Phi) is 3.50. The Morgan fingerprint density at radius 2 is 2.22 bits per heavy atom. The van der Waals surface area contributed by atoms with E-state index >= 15 is 0 Å². The summed E-state index contributed by atoms with van der Waals surface area (Å²) in [5.74, 6) is -1.18. The number of carboxylic acids is 1. The summed E-state index contributed by atoms with van der Waals surface area (Å²) in [6.45, 7) is 3.14. The smallest absolute Gasteiger partial charge is 0.305 e. The number of anilines is 1. The van der Waals surface area contributed by atoms with Gasteiger partial charge in [-0.25, -0.2) is 0 Å². The van der Waals surface area contributed by atoms with Crippen molar-refractivity contribution in [2.24, 2.45) is 0 Å². The molecule has 5 nitrogen and oxygen atoms in total. The Hall–Kier alpha value is -2.04. The molecule has 18 heavy (non-hydrogen) atoms. The molecule has 0 saturated carbocycles. The molecular weight excluding hydrogens is 232 g/mol. The number of aryl methyl sites for hydroxylation is 1. The average Bonchev–Trinajstić information content (AvgIpc) is 2.32. The van der Waals surface area contributed by atoms with Gasteiger partial charge in [-0.3, -0.25) is 9.59 Å². The van der Waals surface area contributed by atoms with E-state index in [1.165, 1.54) is 0 Å². The minimum atomic E-state index is -0.962. The number of hydrogen-bond acceptors (Lipinski definition) is 3. The first-order valence-electron chi connectivity index (χ1n) is 5.91. The van der Waals surface area contributed by atoms with Crippen molar-refractivity contribution < 1.29 is 14.7 Å². The Bertz CT molecular complexity index is 473. The number of piperazine rings is 1. The maximum Gasteiger partial charge on any atom is 0.305 e. The summed E-state index contributed by atoms with van der Waals surface area (Å²) in [5.41, 5.74) is 1.97. The van der Waals surface area contributed by atoms with Crippen molar-refractivity contribution >= 4 is 17.6 Å². The lowest BCUT2D eigenvalue weighted by Crippen LogP contribution is -2.56. The fourth-order valence-corrected chi connectivity index (χ4v) is 2.26. The maximum atomic E-state index is 11.8. The zero-order valence-corrected chi connectivity index (χ0v) is 10.2. The second-order valence-corrected chi connectivity index (χ2v) is 4.38. The lowest BCUT2D eigenvalue weighted by molar-refractivity contribution is -0.139. The molecule has 1 aliphatic rings. The van der Waals surface area contributed by atoms with Crippen LogP contribution in [0.15, 0.2) is 24.3 Å². The first-order chi connectivity index (χ1) is 8.59. The van der Waals surface area contributed by atoms with E-state index in [1.54, 1.807) is 0 Å². The van der Waals surface area contributed by atoms with Gasteiger partial charge in [0, 0.05) is 18.8 Å². The Morgan fingerprint density at radius 3 is 2.89 bits per heavy atom. The van der Waals surface area contributed by atoms with Gasteiger partial charge in [0.25, 0.3) is 0 Å². The van der Waals surface area contributed by atoms with Crippen molar-refractivity contribution in [1.82, 2.24) is 5.32 Å². The van der Waals surface area contributed by atoms with Crippen LogP contribution in [-0.4, -0.2) is 36.1 Å². The number of carboxylic acid groups (broad SMARTS) is 1. The van der Waals surface area contributed by atoms with Crippen molar-refractivity contribution in [3.8, 4) is 0 Å². The SMILES string of the molecule is Cc1ccccc1N1CCNC(=O)C1CC(=O)O. The van der Waals surface area contributed by atoms with Crippen molar-refractivity contribution in [3.63, 3.8) is 0 Å². The summed E-state index contributed by atoms with van der Waals surface area (Å²) in [6.07, 6.45) is -0.180. The summed E-state index contributed by atoms with van der Waals surface area (Å²) in [4.78, 5) is 24.6. The van der Waals surface area contributed by atoms with E-state index in [0.29, 0.717) is 13.1 Å². The minimum Gasteiger partial charge on any atom is -0.481 e. The van der Waals surface area contributed by atoms with Crippen LogP contribution in [0.4, 0.5) is 5.69 Å². The first-order valence-corrected chi connectivity index (χ1v) is 5.91. The van der Waals surface area contributed by atoms with Crippen molar-refractivity contribution in [2.45, 2.75) is 19.4 Å². The molecule has 96 valence electrons. The predicted molar refractivity (Wildman–Crippen MR) is 67.6 cm³/mol. The number of carbonyl (C=O) groups is 2. The Balaban J connectivity index is 2.31. The van der Waals surface area contributed by atoms with Gasteiger partial charge in [0.2, 0.25) is 5.91 Å². The van der Waals surface area contributed by atoms with E-state index in [1.807, 2.05) is 36.1 Å². The van der Waals surface area contributed by atoms with Crippen molar-refractivity contribution in [2.75, 3.05) is 18.0 Å². The molecule has 0 aromatic heterocycles. The largest absolute Gasteiger partial charge is 0.481 e. The van der Waals surface area contributed by atoms with Gasteiger partial charge < -0.3 is 15.3 Å². The van der Waals surface area contributed by atoms with E-state index in [2.05, 4.69) is 5.32 Å². The molecule has 0 spiro atoms. The normalized spacial score (nSPS) is 19.5.